The lowest BCUT2D eigenvalue weighted by Crippen LogP contribution is -2.37. The molecule has 5 heteroatoms. The number of likely N-dealkylation sites (tertiary alicyclic amines) is 1. The third-order valence-electron chi connectivity index (χ3n) is 4.16. The predicted octanol–water partition coefficient (Wildman–Crippen LogP) is 2.04. The summed E-state index contributed by atoms with van der Waals surface area (Å²) in [4.78, 5) is 10.8. The average molecular weight is 271 g/mol. The molecule has 2 atom stereocenters. The Labute approximate surface area is 119 Å². The van der Waals surface area contributed by atoms with Gasteiger partial charge < -0.3 is 15.2 Å². The van der Waals surface area contributed by atoms with Crippen LogP contribution in [-0.2, 0) is 0 Å². The number of pyridine rings is 1. The van der Waals surface area contributed by atoms with Gasteiger partial charge in [-0.2, -0.15) is 0 Å². The minimum absolute atomic E-state index is 0.498. The minimum Gasteiger partial charge on any atom is -0.384 e. The number of piperidine rings is 1. The van der Waals surface area contributed by atoms with E-state index in [0.717, 1.165) is 30.8 Å². The highest BCUT2D eigenvalue weighted by molar-refractivity contribution is 5.61. The van der Waals surface area contributed by atoms with Crippen LogP contribution < -0.4 is 5.73 Å². The van der Waals surface area contributed by atoms with E-state index in [1.54, 1.807) is 6.20 Å². The monoisotopic (exact) mass is 271 g/mol. The number of imidazole rings is 1. The maximum absolute atomic E-state index is 5.79. The van der Waals surface area contributed by atoms with Gasteiger partial charge in [-0.05, 0) is 38.1 Å². The molecule has 0 amide bonds. The molecule has 3 rings (SSSR count). The lowest BCUT2D eigenvalue weighted by molar-refractivity contribution is 0.160. The van der Waals surface area contributed by atoms with Crippen molar-refractivity contribution in [1.82, 2.24) is 19.4 Å². The molecule has 2 aromatic heterocycles. The Bertz CT molecular complexity index is 591. The van der Waals surface area contributed by atoms with Gasteiger partial charge in [-0.1, -0.05) is 6.92 Å². The summed E-state index contributed by atoms with van der Waals surface area (Å²) >= 11 is 0. The second kappa shape index (κ2) is 5.25. The van der Waals surface area contributed by atoms with Crippen molar-refractivity contribution in [3.8, 4) is 11.3 Å². The fraction of sp³-hybridized carbons (Fsp3) is 0.467. The van der Waals surface area contributed by atoms with Crippen LogP contribution >= 0.6 is 0 Å². The van der Waals surface area contributed by atoms with Crippen LogP contribution in [0.3, 0.4) is 0 Å². The Hall–Kier alpha value is -1.88. The molecule has 2 N–H and O–H groups in total. The van der Waals surface area contributed by atoms with Gasteiger partial charge in [0.05, 0.1) is 18.2 Å². The summed E-state index contributed by atoms with van der Waals surface area (Å²) in [6.07, 6.45) is 6.76. The fourth-order valence-electron chi connectivity index (χ4n) is 3.16. The van der Waals surface area contributed by atoms with Crippen LogP contribution in [0.5, 0.6) is 0 Å². The van der Waals surface area contributed by atoms with Crippen LogP contribution in [0.2, 0.25) is 0 Å². The highest BCUT2D eigenvalue weighted by Gasteiger charge is 2.27. The first-order valence-electron chi connectivity index (χ1n) is 7.07. The molecule has 1 fully saturated rings. The van der Waals surface area contributed by atoms with Gasteiger partial charge in [-0.3, -0.25) is 0 Å². The maximum atomic E-state index is 5.79. The molecular weight excluding hydrogens is 250 g/mol. The Morgan fingerprint density at radius 2 is 2.25 bits per heavy atom. The van der Waals surface area contributed by atoms with Crippen molar-refractivity contribution in [2.45, 2.75) is 19.4 Å². The Kier molecular flexibility index (Phi) is 3.44. The van der Waals surface area contributed by atoms with E-state index < -0.39 is 0 Å². The first-order valence-corrected chi connectivity index (χ1v) is 7.07. The maximum Gasteiger partial charge on any atom is 0.123 e. The zero-order valence-corrected chi connectivity index (χ0v) is 12.0. The van der Waals surface area contributed by atoms with Crippen molar-refractivity contribution in [3.05, 3.63) is 30.9 Å². The number of hydrogen-bond acceptors (Lipinski definition) is 4. The normalized spacial score (nSPS) is 23.9. The minimum atomic E-state index is 0.498. The molecule has 0 spiro atoms. The lowest BCUT2D eigenvalue weighted by Gasteiger charge is -2.36. The number of rotatable bonds is 2. The van der Waals surface area contributed by atoms with Crippen molar-refractivity contribution in [2.24, 2.45) is 5.92 Å². The number of hydrogen-bond donors (Lipinski definition) is 1. The summed E-state index contributed by atoms with van der Waals surface area (Å²) in [5, 5.41) is 0. The van der Waals surface area contributed by atoms with Crippen molar-refractivity contribution < 1.29 is 0 Å². The molecule has 5 nitrogen and oxygen atoms in total. The van der Waals surface area contributed by atoms with Gasteiger partial charge in [-0.15, -0.1) is 0 Å². The summed E-state index contributed by atoms with van der Waals surface area (Å²) in [5.74, 6) is 1.16. The van der Waals surface area contributed by atoms with Crippen LogP contribution in [-0.4, -0.2) is 39.6 Å². The molecule has 0 bridgehead atoms. The molecule has 0 aromatic carbocycles. The Morgan fingerprint density at radius 3 is 3.00 bits per heavy atom. The van der Waals surface area contributed by atoms with E-state index in [1.807, 2.05) is 24.7 Å². The fourth-order valence-corrected chi connectivity index (χ4v) is 3.16. The first kappa shape index (κ1) is 13.1. The number of nitrogens with two attached hydrogens (primary N) is 1. The van der Waals surface area contributed by atoms with Gasteiger partial charge in [0.25, 0.3) is 0 Å². The Morgan fingerprint density at radius 1 is 1.40 bits per heavy atom. The third kappa shape index (κ3) is 2.41. The summed E-state index contributed by atoms with van der Waals surface area (Å²) in [6.45, 7) is 4.57. The second-order valence-electron chi connectivity index (χ2n) is 5.75. The molecule has 1 saturated heterocycles. The third-order valence-corrected chi connectivity index (χ3v) is 4.16. The van der Waals surface area contributed by atoms with E-state index >= 15 is 0 Å². The van der Waals surface area contributed by atoms with Gasteiger partial charge >= 0.3 is 0 Å². The standard InChI is InChI=1S/C15H21N5/c1-11-9-19(2)6-4-13(11)20-10-17-8-14(20)12-3-5-18-15(16)7-12/h3,5,7-8,10-11,13H,4,6,9H2,1-2H3,(H2,16,18). The average Bonchev–Trinajstić information content (AvgIpc) is 2.87. The van der Waals surface area contributed by atoms with Gasteiger partial charge in [0.1, 0.15) is 5.82 Å². The topological polar surface area (TPSA) is 60.0 Å². The van der Waals surface area contributed by atoms with Crippen LogP contribution in [0.4, 0.5) is 5.82 Å². The number of anilines is 1. The zero-order chi connectivity index (χ0) is 14.1. The quantitative estimate of drug-likeness (QED) is 0.908. The molecule has 0 radical (unpaired) electrons. The summed E-state index contributed by atoms with van der Waals surface area (Å²) < 4.78 is 2.30. The number of nitrogen functional groups attached to an aromatic ring is 1. The van der Waals surface area contributed by atoms with E-state index in [9.17, 15) is 0 Å². The Balaban J connectivity index is 1.94. The van der Waals surface area contributed by atoms with Gasteiger partial charge in [0.2, 0.25) is 0 Å². The van der Waals surface area contributed by atoms with Crippen LogP contribution in [0.25, 0.3) is 11.3 Å². The van der Waals surface area contributed by atoms with Crippen molar-refractivity contribution in [3.63, 3.8) is 0 Å². The molecule has 2 unspecified atom stereocenters. The molecule has 1 aliphatic heterocycles. The largest absolute Gasteiger partial charge is 0.384 e. The highest BCUT2D eigenvalue weighted by atomic mass is 15.2. The molecular formula is C15H21N5. The van der Waals surface area contributed by atoms with Gasteiger partial charge in [0, 0.05) is 24.3 Å². The molecule has 1 aliphatic rings. The molecule has 0 saturated carbocycles. The zero-order valence-electron chi connectivity index (χ0n) is 12.0. The smallest absolute Gasteiger partial charge is 0.123 e. The molecule has 106 valence electrons. The molecule has 3 heterocycles. The molecule has 0 aliphatic carbocycles. The van der Waals surface area contributed by atoms with Gasteiger partial charge in [0.15, 0.2) is 0 Å². The van der Waals surface area contributed by atoms with E-state index in [1.165, 1.54) is 0 Å². The number of aromatic nitrogens is 3. The lowest BCUT2D eigenvalue weighted by atomic mass is 9.93. The van der Waals surface area contributed by atoms with Crippen molar-refractivity contribution >= 4 is 5.82 Å². The van der Waals surface area contributed by atoms with E-state index in [0.29, 0.717) is 17.8 Å². The first-order chi connectivity index (χ1) is 9.65. The SMILES string of the molecule is CC1CN(C)CCC1n1cncc1-c1ccnc(N)c1. The van der Waals surface area contributed by atoms with Crippen LogP contribution in [0.1, 0.15) is 19.4 Å². The molecule has 2 aromatic rings. The summed E-state index contributed by atoms with van der Waals surface area (Å²) in [6, 6.07) is 4.40. The highest BCUT2D eigenvalue weighted by Crippen LogP contribution is 2.32. The predicted molar refractivity (Wildman–Crippen MR) is 80.2 cm³/mol. The van der Waals surface area contributed by atoms with Crippen LogP contribution in [0.15, 0.2) is 30.9 Å². The van der Waals surface area contributed by atoms with Crippen molar-refractivity contribution in [1.29, 1.82) is 0 Å². The number of nitrogens with zero attached hydrogens (tertiary/aromatic N) is 4. The summed E-state index contributed by atoms with van der Waals surface area (Å²) in [5.41, 5.74) is 8.00. The van der Waals surface area contributed by atoms with E-state index in [2.05, 4.69) is 33.4 Å². The van der Waals surface area contributed by atoms with Crippen molar-refractivity contribution in [2.75, 3.05) is 25.9 Å². The van der Waals surface area contributed by atoms with Gasteiger partial charge in [-0.25, -0.2) is 9.97 Å². The van der Waals surface area contributed by atoms with E-state index in [4.69, 9.17) is 5.73 Å². The second-order valence-corrected chi connectivity index (χ2v) is 5.75. The van der Waals surface area contributed by atoms with E-state index in [-0.39, 0.29) is 0 Å². The van der Waals surface area contributed by atoms with Crippen LogP contribution in [0, 0.1) is 5.92 Å². The molecule has 20 heavy (non-hydrogen) atoms. The summed E-state index contributed by atoms with van der Waals surface area (Å²) in [7, 11) is 2.19.